The zero-order valence-corrected chi connectivity index (χ0v) is 11.6. The van der Waals surface area contributed by atoms with Crippen LogP contribution in [0, 0.1) is 0 Å². The molecular formula is C14H21N5. The molecule has 1 aromatic heterocycles. The van der Waals surface area contributed by atoms with Crippen LogP contribution in [0.25, 0.3) is 11.0 Å². The van der Waals surface area contributed by atoms with E-state index in [9.17, 15) is 0 Å². The molecule has 1 aromatic carbocycles. The van der Waals surface area contributed by atoms with E-state index in [0.29, 0.717) is 6.04 Å². The van der Waals surface area contributed by atoms with E-state index in [1.165, 1.54) is 24.9 Å². The summed E-state index contributed by atoms with van der Waals surface area (Å²) in [5.74, 6) is 0. The highest BCUT2D eigenvalue weighted by Gasteiger charge is 2.18. The molecule has 1 fully saturated rings. The standard InChI is InChI=1S/C14H21N5/c1-15-12-4-3-7-19(10-12)9-11-5-6-14-13(8-11)16-17-18(14)2/h5-6,8,12,15H,3-4,7,9-10H2,1-2H3. The van der Waals surface area contributed by atoms with Gasteiger partial charge >= 0.3 is 0 Å². The van der Waals surface area contributed by atoms with E-state index in [-0.39, 0.29) is 0 Å². The quantitative estimate of drug-likeness (QED) is 0.898. The van der Waals surface area contributed by atoms with Crippen molar-refractivity contribution in [1.82, 2.24) is 25.2 Å². The molecule has 5 heteroatoms. The fourth-order valence-electron chi connectivity index (χ4n) is 2.88. The van der Waals surface area contributed by atoms with Gasteiger partial charge in [-0.3, -0.25) is 4.90 Å². The fraction of sp³-hybridized carbons (Fsp3) is 0.571. The van der Waals surface area contributed by atoms with E-state index in [0.717, 1.165) is 24.1 Å². The van der Waals surface area contributed by atoms with E-state index in [4.69, 9.17) is 0 Å². The third-order valence-electron chi connectivity index (χ3n) is 4.00. The monoisotopic (exact) mass is 259 g/mol. The number of piperidine rings is 1. The van der Waals surface area contributed by atoms with Crippen LogP contribution in [-0.4, -0.2) is 46.1 Å². The van der Waals surface area contributed by atoms with Crippen LogP contribution in [0.4, 0.5) is 0 Å². The number of aryl methyl sites for hydroxylation is 1. The summed E-state index contributed by atoms with van der Waals surface area (Å²) in [6.45, 7) is 3.33. The minimum absolute atomic E-state index is 0.633. The molecule has 0 radical (unpaired) electrons. The van der Waals surface area contributed by atoms with Crippen LogP contribution in [0.3, 0.4) is 0 Å². The molecule has 0 bridgehead atoms. The van der Waals surface area contributed by atoms with E-state index in [1.807, 2.05) is 11.7 Å². The summed E-state index contributed by atoms with van der Waals surface area (Å²) >= 11 is 0. The number of hydrogen-bond acceptors (Lipinski definition) is 4. The van der Waals surface area contributed by atoms with Gasteiger partial charge in [0.2, 0.25) is 0 Å². The third-order valence-corrected chi connectivity index (χ3v) is 4.00. The van der Waals surface area contributed by atoms with Crippen molar-refractivity contribution in [1.29, 1.82) is 0 Å². The number of rotatable bonds is 3. The molecule has 0 aliphatic carbocycles. The topological polar surface area (TPSA) is 46.0 Å². The lowest BCUT2D eigenvalue weighted by Gasteiger charge is -2.32. The van der Waals surface area contributed by atoms with Gasteiger partial charge in [-0.15, -0.1) is 5.10 Å². The molecule has 2 aromatic rings. The largest absolute Gasteiger partial charge is 0.316 e. The molecule has 1 N–H and O–H groups in total. The molecule has 1 saturated heterocycles. The van der Waals surface area contributed by atoms with Crippen LogP contribution in [-0.2, 0) is 13.6 Å². The van der Waals surface area contributed by atoms with Crippen molar-refractivity contribution in [3.05, 3.63) is 23.8 Å². The molecule has 3 rings (SSSR count). The number of fused-ring (bicyclic) bond motifs is 1. The molecule has 0 saturated carbocycles. The normalized spacial score (nSPS) is 21.1. The van der Waals surface area contributed by atoms with Crippen LogP contribution in [0.15, 0.2) is 18.2 Å². The van der Waals surface area contributed by atoms with Crippen molar-refractivity contribution in [3.63, 3.8) is 0 Å². The van der Waals surface area contributed by atoms with Gasteiger partial charge in [0.05, 0.1) is 5.52 Å². The first-order valence-electron chi connectivity index (χ1n) is 6.94. The van der Waals surface area contributed by atoms with E-state index in [1.54, 1.807) is 0 Å². The number of aromatic nitrogens is 3. The Morgan fingerprint density at radius 2 is 2.32 bits per heavy atom. The van der Waals surface area contributed by atoms with E-state index >= 15 is 0 Å². The van der Waals surface area contributed by atoms with E-state index in [2.05, 4.69) is 45.8 Å². The number of nitrogens with one attached hydrogen (secondary N) is 1. The minimum Gasteiger partial charge on any atom is -0.316 e. The maximum Gasteiger partial charge on any atom is 0.113 e. The zero-order valence-electron chi connectivity index (χ0n) is 11.6. The van der Waals surface area contributed by atoms with Gasteiger partial charge in [-0.2, -0.15) is 0 Å². The highest BCUT2D eigenvalue weighted by atomic mass is 15.4. The average Bonchev–Trinajstić information content (AvgIpc) is 2.80. The summed E-state index contributed by atoms with van der Waals surface area (Å²) < 4.78 is 1.82. The molecule has 1 atom stereocenters. The van der Waals surface area contributed by atoms with E-state index < -0.39 is 0 Å². The molecule has 0 spiro atoms. The Labute approximate surface area is 113 Å². The number of likely N-dealkylation sites (tertiary alicyclic amines) is 1. The molecule has 19 heavy (non-hydrogen) atoms. The molecule has 102 valence electrons. The van der Waals surface area contributed by atoms with Gasteiger partial charge in [0.1, 0.15) is 5.52 Å². The molecule has 0 amide bonds. The lowest BCUT2D eigenvalue weighted by Crippen LogP contribution is -2.43. The second-order valence-corrected chi connectivity index (χ2v) is 5.40. The Bertz CT molecular complexity index is 562. The summed E-state index contributed by atoms with van der Waals surface area (Å²) in [4.78, 5) is 2.52. The summed E-state index contributed by atoms with van der Waals surface area (Å²) in [5.41, 5.74) is 3.41. The van der Waals surface area contributed by atoms with Crippen LogP contribution in [0.1, 0.15) is 18.4 Å². The van der Waals surface area contributed by atoms with Crippen LogP contribution in [0.5, 0.6) is 0 Å². The Morgan fingerprint density at radius 3 is 3.16 bits per heavy atom. The predicted octanol–water partition coefficient (Wildman–Crippen LogP) is 1.15. The predicted molar refractivity (Wildman–Crippen MR) is 75.9 cm³/mol. The van der Waals surface area contributed by atoms with Crippen LogP contribution >= 0.6 is 0 Å². The first-order valence-corrected chi connectivity index (χ1v) is 6.94. The number of likely N-dealkylation sites (N-methyl/N-ethyl adjacent to an activating group) is 1. The zero-order chi connectivity index (χ0) is 13.2. The van der Waals surface area contributed by atoms with Gasteiger partial charge in [-0.05, 0) is 44.1 Å². The summed E-state index contributed by atoms with van der Waals surface area (Å²) in [6.07, 6.45) is 2.56. The highest BCUT2D eigenvalue weighted by molar-refractivity contribution is 5.74. The van der Waals surface area contributed by atoms with Gasteiger partial charge in [0.25, 0.3) is 0 Å². The lowest BCUT2D eigenvalue weighted by atomic mass is 10.0. The molecule has 5 nitrogen and oxygen atoms in total. The number of nitrogens with zero attached hydrogens (tertiary/aromatic N) is 4. The second kappa shape index (κ2) is 5.27. The SMILES string of the molecule is CNC1CCCN(Cc2ccc3c(c2)nnn3C)C1. The molecule has 2 heterocycles. The fourth-order valence-corrected chi connectivity index (χ4v) is 2.88. The Morgan fingerprint density at radius 1 is 1.42 bits per heavy atom. The number of hydrogen-bond donors (Lipinski definition) is 1. The van der Waals surface area contributed by atoms with Crippen molar-refractivity contribution in [2.24, 2.45) is 7.05 Å². The average molecular weight is 259 g/mol. The van der Waals surface area contributed by atoms with Crippen molar-refractivity contribution >= 4 is 11.0 Å². The minimum atomic E-state index is 0.633. The smallest absolute Gasteiger partial charge is 0.113 e. The van der Waals surface area contributed by atoms with Gasteiger partial charge < -0.3 is 5.32 Å². The molecule has 1 aliphatic rings. The molecule has 1 unspecified atom stereocenters. The maximum absolute atomic E-state index is 4.19. The Kier molecular flexibility index (Phi) is 3.48. The van der Waals surface area contributed by atoms with Gasteiger partial charge in [0, 0.05) is 26.2 Å². The van der Waals surface area contributed by atoms with Crippen molar-refractivity contribution in [3.8, 4) is 0 Å². The summed E-state index contributed by atoms with van der Waals surface area (Å²) in [6, 6.07) is 7.10. The molecule has 1 aliphatic heterocycles. The van der Waals surface area contributed by atoms with Crippen molar-refractivity contribution in [2.45, 2.75) is 25.4 Å². The first kappa shape index (κ1) is 12.6. The Balaban J connectivity index is 1.74. The summed E-state index contributed by atoms with van der Waals surface area (Å²) in [5, 5.41) is 11.6. The first-order chi connectivity index (χ1) is 9.26. The van der Waals surface area contributed by atoms with Crippen LogP contribution in [0.2, 0.25) is 0 Å². The Hall–Kier alpha value is -1.46. The van der Waals surface area contributed by atoms with Crippen molar-refractivity contribution < 1.29 is 0 Å². The summed E-state index contributed by atoms with van der Waals surface area (Å²) in [7, 11) is 3.98. The highest BCUT2D eigenvalue weighted by Crippen LogP contribution is 2.17. The van der Waals surface area contributed by atoms with Crippen LogP contribution < -0.4 is 5.32 Å². The number of benzene rings is 1. The van der Waals surface area contributed by atoms with Gasteiger partial charge in [-0.1, -0.05) is 11.3 Å². The molecular weight excluding hydrogens is 238 g/mol. The van der Waals surface area contributed by atoms with Gasteiger partial charge in [0.15, 0.2) is 0 Å². The lowest BCUT2D eigenvalue weighted by molar-refractivity contribution is 0.188. The van der Waals surface area contributed by atoms with Gasteiger partial charge in [-0.25, -0.2) is 4.68 Å². The third kappa shape index (κ3) is 2.62. The van der Waals surface area contributed by atoms with Crippen molar-refractivity contribution in [2.75, 3.05) is 20.1 Å². The maximum atomic E-state index is 4.19. The second-order valence-electron chi connectivity index (χ2n) is 5.40.